The summed E-state index contributed by atoms with van der Waals surface area (Å²) >= 11 is 0. The van der Waals surface area contributed by atoms with Crippen LogP contribution >= 0.6 is 0 Å². The SMILES string of the molecule is COc1cc(C(CC(=O)N2CCC(c3c[nH]c4ccc(C)cc34)CC2=O)c2c[nH]c3ccc(C)cc23)cc(OC)c1OC. The van der Waals surface area contributed by atoms with Crippen LogP contribution in [0.5, 0.6) is 17.2 Å². The maximum atomic E-state index is 14.0. The molecule has 0 radical (unpaired) electrons. The van der Waals surface area contributed by atoms with Gasteiger partial charge in [0.25, 0.3) is 0 Å². The number of H-pyrrole nitrogens is 2. The first-order valence-corrected chi connectivity index (χ1v) is 14.6. The van der Waals surface area contributed by atoms with Crippen LogP contribution in [-0.4, -0.2) is 54.6 Å². The van der Waals surface area contributed by atoms with Gasteiger partial charge in [0.05, 0.1) is 21.3 Å². The molecule has 2 aromatic heterocycles. The molecule has 0 saturated carbocycles. The van der Waals surface area contributed by atoms with E-state index in [1.807, 2.05) is 37.5 Å². The van der Waals surface area contributed by atoms with Crippen LogP contribution in [0.15, 0.2) is 60.9 Å². The van der Waals surface area contributed by atoms with Gasteiger partial charge in [-0.15, -0.1) is 0 Å². The van der Waals surface area contributed by atoms with Crippen LogP contribution in [0.25, 0.3) is 21.8 Å². The number of nitrogens with one attached hydrogen (secondary N) is 2. The molecule has 2 N–H and O–H groups in total. The molecule has 2 amide bonds. The highest BCUT2D eigenvalue weighted by atomic mass is 16.5. The third-order valence-electron chi connectivity index (χ3n) is 8.75. The molecule has 6 rings (SSSR count). The third kappa shape index (κ3) is 5.22. The van der Waals surface area contributed by atoms with Crippen molar-refractivity contribution in [2.24, 2.45) is 0 Å². The summed E-state index contributed by atoms with van der Waals surface area (Å²) in [5, 5.41) is 2.18. The van der Waals surface area contributed by atoms with Gasteiger partial charge in [0.1, 0.15) is 0 Å². The zero-order valence-corrected chi connectivity index (χ0v) is 25.2. The van der Waals surface area contributed by atoms with Gasteiger partial charge in [-0.3, -0.25) is 14.5 Å². The van der Waals surface area contributed by atoms with E-state index >= 15 is 0 Å². The van der Waals surface area contributed by atoms with Crippen molar-refractivity contribution in [1.82, 2.24) is 14.9 Å². The normalized spacial score (nSPS) is 16.1. The Balaban J connectivity index is 1.32. The molecule has 222 valence electrons. The van der Waals surface area contributed by atoms with E-state index in [-0.39, 0.29) is 30.1 Å². The van der Waals surface area contributed by atoms with E-state index in [9.17, 15) is 9.59 Å². The van der Waals surface area contributed by atoms with Gasteiger partial charge in [0, 0.05) is 59.5 Å². The molecule has 8 nitrogen and oxygen atoms in total. The van der Waals surface area contributed by atoms with Crippen LogP contribution in [0.2, 0.25) is 0 Å². The Hall–Kier alpha value is -4.72. The van der Waals surface area contributed by atoms with E-state index < -0.39 is 0 Å². The summed E-state index contributed by atoms with van der Waals surface area (Å²) < 4.78 is 16.9. The maximum Gasteiger partial charge on any atom is 0.230 e. The van der Waals surface area contributed by atoms with E-state index in [0.717, 1.165) is 50.5 Å². The summed E-state index contributed by atoms with van der Waals surface area (Å²) in [4.78, 5) is 35.7. The number of carbonyl (C=O) groups excluding carboxylic acids is 2. The molecule has 1 aliphatic heterocycles. The van der Waals surface area contributed by atoms with Crippen molar-refractivity contribution >= 4 is 33.6 Å². The Bertz CT molecular complexity index is 1810. The average Bonchev–Trinajstić information content (AvgIpc) is 3.62. The number of rotatable bonds is 8. The number of amides is 2. The topological polar surface area (TPSA) is 96.7 Å². The maximum absolute atomic E-state index is 14.0. The molecule has 0 bridgehead atoms. The Labute approximate surface area is 250 Å². The third-order valence-corrected chi connectivity index (χ3v) is 8.75. The van der Waals surface area contributed by atoms with Crippen LogP contribution in [0, 0.1) is 13.8 Å². The van der Waals surface area contributed by atoms with E-state index in [1.165, 1.54) is 10.5 Å². The molecule has 2 atom stereocenters. The Morgan fingerprint density at radius 3 is 2.14 bits per heavy atom. The molecule has 2 unspecified atom stereocenters. The lowest BCUT2D eigenvalue weighted by Gasteiger charge is -2.31. The number of imide groups is 1. The molecule has 1 fully saturated rings. The fourth-order valence-corrected chi connectivity index (χ4v) is 6.49. The number of methoxy groups -OCH3 is 3. The van der Waals surface area contributed by atoms with E-state index in [0.29, 0.717) is 30.2 Å². The molecular weight excluding hydrogens is 542 g/mol. The van der Waals surface area contributed by atoms with Crippen molar-refractivity contribution in [2.45, 2.75) is 44.9 Å². The lowest BCUT2D eigenvalue weighted by molar-refractivity contribution is -0.147. The molecule has 3 heterocycles. The summed E-state index contributed by atoms with van der Waals surface area (Å²) in [6.45, 7) is 4.51. The Morgan fingerprint density at radius 2 is 1.51 bits per heavy atom. The van der Waals surface area contributed by atoms with Gasteiger partial charge < -0.3 is 24.2 Å². The number of aromatic amines is 2. The molecule has 3 aromatic carbocycles. The molecule has 8 heteroatoms. The van der Waals surface area contributed by atoms with Gasteiger partial charge in [0.15, 0.2) is 11.5 Å². The first-order valence-electron chi connectivity index (χ1n) is 14.6. The van der Waals surface area contributed by atoms with Crippen molar-refractivity contribution in [3.8, 4) is 17.2 Å². The quantitative estimate of drug-likeness (QED) is 0.212. The van der Waals surface area contributed by atoms with Crippen molar-refractivity contribution in [3.63, 3.8) is 0 Å². The predicted molar refractivity (Wildman–Crippen MR) is 167 cm³/mol. The number of fused-ring (bicyclic) bond motifs is 2. The second-order valence-electron chi connectivity index (χ2n) is 11.4. The standard InChI is InChI=1S/C35H37N3O5/c1-20-6-8-29-25(12-20)27(18-36-29)22-10-11-38(33(39)16-22)34(40)17-24(28-19-37-30-9-7-21(2)13-26(28)30)23-14-31(41-3)35(43-5)32(15-23)42-4/h6-9,12-15,18-19,22,24,36-37H,10-11,16-17H2,1-5H3. The van der Waals surface area contributed by atoms with E-state index in [1.54, 1.807) is 21.3 Å². The number of ether oxygens (including phenoxy) is 3. The summed E-state index contributed by atoms with van der Waals surface area (Å²) in [5.74, 6) is 0.875. The van der Waals surface area contributed by atoms with Crippen LogP contribution < -0.4 is 14.2 Å². The number of carbonyl (C=O) groups is 2. The number of nitrogens with zero attached hydrogens (tertiary/aromatic N) is 1. The number of piperidine rings is 1. The molecule has 1 saturated heterocycles. The van der Waals surface area contributed by atoms with Gasteiger partial charge in [-0.2, -0.15) is 0 Å². The van der Waals surface area contributed by atoms with Gasteiger partial charge >= 0.3 is 0 Å². The first kappa shape index (κ1) is 28.4. The zero-order valence-electron chi connectivity index (χ0n) is 25.2. The highest BCUT2D eigenvalue weighted by Gasteiger charge is 2.34. The minimum Gasteiger partial charge on any atom is -0.493 e. The van der Waals surface area contributed by atoms with E-state index in [2.05, 4.69) is 47.2 Å². The molecule has 1 aliphatic rings. The number of likely N-dealkylation sites (tertiary alicyclic amines) is 1. The summed E-state index contributed by atoms with van der Waals surface area (Å²) in [7, 11) is 4.72. The number of aromatic nitrogens is 2. The summed E-state index contributed by atoms with van der Waals surface area (Å²) in [6, 6.07) is 16.3. The smallest absolute Gasteiger partial charge is 0.230 e. The van der Waals surface area contributed by atoms with Gasteiger partial charge in [-0.25, -0.2) is 0 Å². The van der Waals surface area contributed by atoms with Crippen molar-refractivity contribution < 1.29 is 23.8 Å². The van der Waals surface area contributed by atoms with Crippen LogP contribution in [0.1, 0.15) is 58.9 Å². The second kappa shape index (κ2) is 11.5. The monoisotopic (exact) mass is 579 g/mol. The second-order valence-corrected chi connectivity index (χ2v) is 11.4. The largest absolute Gasteiger partial charge is 0.493 e. The van der Waals surface area contributed by atoms with Crippen LogP contribution in [0.3, 0.4) is 0 Å². The van der Waals surface area contributed by atoms with Crippen molar-refractivity contribution in [1.29, 1.82) is 0 Å². The minimum atomic E-state index is -0.362. The zero-order chi connectivity index (χ0) is 30.2. The first-order chi connectivity index (χ1) is 20.8. The fourth-order valence-electron chi connectivity index (χ4n) is 6.49. The number of aryl methyl sites for hydroxylation is 2. The van der Waals surface area contributed by atoms with Gasteiger partial charge in [-0.1, -0.05) is 23.3 Å². The molecular formula is C35H37N3O5. The average molecular weight is 580 g/mol. The van der Waals surface area contributed by atoms with Gasteiger partial charge in [0.2, 0.25) is 17.6 Å². The van der Waals surface area contributed by atoms with Crippen molar-refractivity contribution in [3.05, 3.63) is 88.7 Å². The van der Waals surface area contributed by atoms with Gasteiger partial charge in [-0.05, 0) is 79.3 Å². The number of hydrogen-bond acceptors (Lipinski definition) is 5. The molecule has 0 aliphatic carbocycles. The van der Waals surface area contributed by atoms with Crippen molar-refractivity contribution in [2.75, 3.05) is 27.9 Å². The minimum absolute atomic E-state index is 0.0644. The molecule has 0 spiro atoms. The lowest BCUT2D eigenvalue weighted by Crippen LogP contribution is -2.42. The lowest BCUT2D eigenvalue weighted by atomic mass is 9.85. The van der Waals surface area contributed by atoms with Crippen LogP contribution in [-0.2, 0) is 9.59 Å². The Kier molecular flexibility index (Phi) is 7.61. The summed E-state index contributed by atoms with van der Waals surface area (Å²) in [5.41, 5.74) is 7.29. The highest BCUT2D eigenvalue weighted by Crippen LogP contribution is 2.44. The molecule has 43 heavy (non-hydrogen) atoms. The van der Waals surface area contributed by atoms with Crippen LogP contribution in [0.4, 0.5) is 0 Å². The Morgan fingerprint density at radius 1 is 0.884 bits per heavy atom. The number of hydrogen-bond donors (Lipinski definition) is 2. The summed E-state index contributed by atoms with van der Waals surface area (Å²) in [6.07, 6.45) is 5.10. The molecule has 5 aromatic rings. The van der Waals surface area contributed by atoms with E-state index in [4.69, 9.17) is 14.2 Å². The highest BCUT2D eigenvalue weighted by molar-refractivity contribution is 5.97. The number of benzene rings is 3. The predicted octanol–water partition coefficient (Wildman–Crippen LogP) is 6.75. The fraction of sp³-hybridized carbons (Fsp3) is 0.314.